The Morgan fingerprint density at radius 2 is 1.71 bits per heavy atom. The molecule has 0 amide bonds. The number of halogens is 1. The molecule has 0 aromatic heterocycles. The lowest BCUT2D eigenvalue weighted by Gasteiger charge is -2.40. The fraction of sp³-hybridized carbons (Fsp3) is 0.333. The first-order valence-corrected chi connectivity index (χ1v) is 10.9. The van der Waals surface area contributed by atoms with Gasteiger partial charge in [-0.1, -0.05) is 41.4 Å². The molecule has 148 valence electrons. The molecule has 2 aliphatic heterocycles. The van der Waals surface area contributed by atoms with Gasteiger partial charge in [-0.05, 0) is 55.8 Å². The number of morpholine rings is 1. The summed E-state index contributed by atoms with van der Waals surface area (Å²) < 4.78 is 39.8. The zero-order valence-corrected chi connectivity index (χ0v) is 17.3. The molecule has 0 N–H and O–H groups in total. The van der Waals surface area contributed by atoms with Gasteiger partial charge in [-0.3, -0.25) is 0 Å². The Labute approximate surface area is 170 Å². The van der Waals surface area contributed by atoms with E-state index in [-0.39, 0.29) is 24.6 Å². The first-order valence-electron chi connectivity index (χ1n) is 9.10. The topological polar surface area (TPSA) is 55.8 Å². The molecule has 0 radical (unpaired) electrons. The van der Waals surface area contributed by atoms with Gasteiger partial charge in [-0.15, -0.1) is 0 Å². The van der Waals surface area contributed by atoms with Crippen LogP contribution in [-0.4, -0.2) is 38.2 Å². The summed E-state index contributed by atoms with van der Waals surface area (Å²) in [5, 5.41) is 0.647. The second kappa shape index (κ2) is 6.97. The maximum Gasteiger partial charge on any atom is 0.243 e. The Bertz CT molecular complexity index is 1000. The van der Waals surface area contributed by atoms with E-state index in [0.717, 1.165) is 11.1 Å². The molecule has 1 saturated heterocycles. The summed E-state index contributed by atoms with van der Waals surface area (Å²) in [5.74, 6) is -1.11. The van der Waals surface area contributed by atoms with Crippen LogP contribution in [0.4, 0.5) is 0 Å². The third-order valence-corrected chi connectivity index (χ3v) is 7.31. The van der Waals surface area contributed by atoms with Gasteiger partial charge in [0.25, 0.3) is 0 Å². The van der Waals surface area contributed by atoms with E-state index in [4.69, 9.17) is 21.1 Å². The average molecular weight is 420 g/mol. The van der Waals surface area contributed by atoms with Crippen molar-refractivity contribution in [1.82, 2.24) is 4.31 Å². The molecule has 28 heavy (non-hydrogen) atoms. The minimum atomic E-state index is -3.63. The standard InChI is InChI=1S/C21H22ClNO4S/c1-16-3-9-19(10-4-16)28(24,25)23-13-14-26-21(15-23)12-11-20(2,27-21)17-5-7-18(22)8-6-17/h3-12H,13-15H2,1-2H3. The maximum absolute atomic E-state index is 13.1. The number of benzene rings is 2. The molecule has 2 aromatic rings. The van der Waals surface area contributed by atoms with Crippen LogP contribution < -0.4 is 0 Å². The summed E-state index contributed by atoms with van der Waals surface area (Å²) in [5.41, 5.74) is 1.21. The van der Waals surface area contributed by atoms with Crippen LogP contribution in [0.1, 0.15) is 18.1 Å². The first kappa shape index (κ1) is 19.6. The molecule has 4 rings (SSSR count). The van der Waals surface area contributed by atoms with E-state index in [2.05, 4.69) is 0 Å². The number of sulfonamides is 1. The number of ether oxygens (including phenoxy) is 2. The highest BCUT2D eigenvalue weighted by Crippen LogP contribution is 2.42. The van der Waals surface area contributed by atoms with Gasteiger partial charge in [0.2, 0.25) is 15.8 Å². The summed E-state index contributed by atoms with van der Waals surface area (Å²) in [6.45, 7) is 4.50. The van der Waals surface area contributed by atoms with Crippen LogP contribution in [0.3, 0.4) is 0 Å². The molecule has 2 aliphatic rings. The van der Waals surface area contributed by atoms with Gasteiger partial charge < -0.3 is 9.47 Å². The van der Waals surface area contributed by atoms with Crippen molar-refractivity contribution in [2.24, 2.45) is 0 Å². The predicted molar refractivity (Wildman–Crippen MR) is 108 cm³/mol. The average Bonchev–Trinajstić information content (AvgIpc) is 2.99. The number of rotatable bonds is 3. The largest absolute Gasteiger partial charge is 0.344 e. The molecule has 5 nitrogen and oxygen atoms in total. The van der Waals surface area contributed by atoms with Crippen molar-refractivity contribution in [2.75, 3.05) is 19.7 Å². The highest BCUT2D eigenvalue weighted by atomic mass is 35.5. The predicted octanol–water partition coefficient (Wildman–Crippen LogP) is 3.87. The highest BCUT2D eigenvalue weighted by molar-refractivity contribution is 7.89. The van der Waals surface area contributed by atoms with Gasteiger partial charge in [-0.25, -0.2) is 8.42 Å². The molecule has 7 heteroatoms. The molecular weight excluding hydrogens is 398 g/mol. The molecule has 1 spiro atoms. The van der Waals surface area contributed by atoms with Gasteiger partial charge in [0, 0.05) is 11.6 Å². The van der Waals surface area contributed by atoms with Crippen molar-refractivity contribution in [3.8, 4) is 0 Å². The monoisotopic (exact) mass is 419 g/mol. The Morgan fingerprint density at radius 3 is 2.39 bits per heavy atom. The van der Waals surface area contributed by atoms with Crippen LogP contribution in [-0.2, 0) is 25.1 Å². The fourth-order valence-electron chi connectivity index (χ4n) is 3.57. The summed E-state index contributed by atoms with van der Waals surface area (Å²) in [4.78, 5) is 0.276. The van der Waals surface area contributed by atoms with Gasteiger partial charge in [0.1, 0.15) is 5.60 Å². The molecule has 1 fully saturated rings. The van der Waals surface area contributed by atoms with Crippen molar-refractivity contribution in [1.29, 1.82) is 0 Å². The van der Waals surface area contributed by atoms with Crippen molar-refractivity contribution < 1.29 is 17.9 Å². The number of hydrogen-bond acceptors (Lipinski definition) is 4. The Hall–Kier alpha value is -1.70. The Balaban J connectivity index is 1.58. The summed E-state index contributed by atoms with van der Waals surface area (Å²) >= 11 is 5.99. The molecule has 2 heterocycles. The molecule has 2 aromatic carbocycles. The summed E-state index contributed by atoms with van der Waals surface area (Å²) in [7, 11) is -3.63. The second-order valence-corrected chi connectivity index (χ2v) is 9.74. The van der Waals surface area contributed by atoms with Crippen LogP contribution in [0.2, 0.25) is 5.02 Å². The van der Waals surface area contributed by atoms with Crippen LogP contribution >= 0.6 is 11.6 Å². The summed E-state index contributed by atoms with van der Waals surface area (Å²) in [6.07, 6.45) is 3.73. The van der Waals surface area contributed by atoms with E-state index in [1.165, 1.54) is 4.31 Å². The minimum absolute atomic E-state index is 0.100. The minimum Gasteiger partial charge on any atom is -0.344 e. The van der Waals surface area contributed by atoms with Gasteiger partial charge in [-0.2, -0.15) is 4.31 Å². The van der Waals surface area contributed by atoms with Crippen LogP contribution in [0.25, 0.3) is 0 Å². The Morgan fingerprint density at radius 1 is 1.04 bits per heavy atom. The molecule has 0 bridgehead atoms. The third-order valence-electron chi connectivity index (χ3n) is 5.20. The van der Waals surface area contributed by atoms with Crippen LogP contribution in [0.5, 0.6) is 0 Å². The lowest BCUT2D eigenvalue weighted by molar-refractivity contribution is -0.253. The van der Waals surface area contributed by atoms with E-state index in [1.807, 2.05) is 38.1 Å². The zero-order valence-electron chi connectivity index (χ0n) is 15.8. The zero-order chi connectivity index (χ0) is 20.0. The van der Waals surface area contributed by atoms with Gasteiger partial charge in [0.15, 0.2) is 0 Å². The summed E-state index contributed by atoms with van der Waals surface area (Å²) in [6, 6.07) is 14.3. The van der Waals surface area contributed by atoms with E-state index >= 15 is 0 Å². The van der Waals surface area contributed by atoms with E-state index in [1.54, 1.807) is 36.4 Å². The highest BCUT2D eigenvalue weighted by Gasteiger charge is 2.48. The fourth-order valence-corrected chi connectivity index (χ4v) is 5.14. The Kier molecular flexibility index (Phi) is 4.88. The van der Waals surface area contributed by atoms with Crippen LogP contribution in [0, 0.1) is 6.92 Å². The number of hydrogen-bond donors (Lipinski definition) is 0. The number of nitrogens with zero attached hydrogens (tertiary/aromatic N) is 1. The molecule has 0 saturated carbocycles. The second-order valence-electron chi connectivity index (χ2n) is 7.36. The number of aryl methyl sites for hydroxylation is 1. The lowest BCUT2D eigenvalue weighted by Crippen LogP contribution is -2.54. The lowest BCUT2D eigenvalue weighted by atomic mass is 9.97. The molecular formula is C21H22ClNO4S. The van der Waals surface area contributed by atoms with E-state index in [0.29, 0.717) is 5.02 Å². The SMILES string of the molecule is Cc1ccc(S(=O)(=O)N2CCOC3(C=CC(C)(c4ccc(Cl)cc4)O3)C2)cc1. The third kappa shape index (κ3) is 3.51. The molecule has 0 aliphatic carbocycles. The first-order chi connectivity index (χ1) is 13.2. The van der Waals surface area contributed by atoms with E-state index < -0.39 is 21.4 Å². The molecule has 2 atom stereocenters. The quantitative estimate of drug-likeness (QED) is 0.709. The van der Waals surface area contributed by atoms with Crippen molar-refractivity contribution in [2.45, 2.75) is 30.1 Å². The maximum atomic E-state index is 13.1. The molecule has 2 unspecified atom stereocenters. The van der Waals surface area contributed by atoms with E-state index in [9.17, 15) is 8.42 Å². The van der Waals surface area contributed by atoms with Crippen molar-refractivity contribution >= 4 is 21.6 Å². The van der Waals surface area contributed by atoms with Crippen molar-refractivity contribution in [3.63, 3.8) is 0 Å². The van der Waals surface area contributed by atoms with Gasteiger partial charge in [0.05, 0.1) is 18.0 Å². The normalized spacial score (nSPS) is 28.1. The van der Waals surface area contributed by atoms with Crippen molar-refractivity contribution in [3.05, 3.63) is 76.8 Å². The van der Waals surface area contributed by atoms with Gasteiger partial charge >= 0.3 is 0 Å². The smallest absolute Gasteiger partial charge is 0.243 e. The van der Waals surface area contributed by atoms with Crippen LogP contribution in [0.15, 0.2) is 65.6 Å².